The van der Waals surface area contributed by atoms with Crippen molar-refractivity contribution in [1.29, 1.82) is 0 Å². The summed E-state index contributed by atoms with van der Waals surface area (Å²) < 4.78 is 0. The number of H-pyrrole nitrogens is 1. The summed E-state index contributed by atoms with van der Waals surface area (Å²) in [4.78, 5) is 11.5. The lowest BCUT2D eigenvalue weighted by Crippen LogP contribution is -2.44. The second kappa shape index (κ2) is 4.61. The lowest BCUT2D eigenvalue weighted by atomic mass is 9.85. The standard InChI is InChI=1S/C10H16N4O2/c15-9(8-6-12-14-13-8)11-7-10(16)4-2-1-3-5-10/h6,16H,1-5,7H2,(H,11,15)(H,12,13,14). The van der Waals surface area contributed by atoms with Crippen LogP contribution in [0.15, 0.2) is 6.20 Å². The first-order valence-corrected chi connectivity index (χ1v) is 5.56. The van der Waals surface area contributed by atoms with Crippen molar-refractivity contribution in [3.63, 3.8) is 0 Å². The van der Waals surface area contributed by atoms with E-state index in [-0.39, 0.29) is 11.6 Å². The van der Waals surface area contributed by atoms with Crippen molar-refractivity contribution < 1.29 is 9.90 Å². The van der Waals surface area contributed by atoms with Crippen LogP contribution in [0.5, 0.6) is 0 Å². The van der Waals surface area contributed by atoms with Gasteiger partial charge in [0, 0.05) is 6.54 Å². The SMILES string of the molecule is O=C(NCC1(O)CCCCC1)c1cn[nH]n1. The molecule has 0 spiro atoms. The molecule has 0 radical (unpaired) electrons. The molecule has 1 aliphatic rings. The first-order chi connectivity index (χ1) is 7.70. The number of nitrogens with one attached hydrogen (secondary N) is 2. The topological polar surface area (TPSA) is 90.9 Å². The molecule has 1 fully saturated rings. The summed E-state index contributed by atoms with van der Waals surface area (Å²) in [6, 6.07) is 0. The van der Waals surface area contributed by atoms with Gasteiger partial charge in [-0.3, -0.25) is 4.79 Å². The van der Waals surface area contributed by atoms with E-state index in [2.05, 4.69) is 20.7 Å². The molecule has 1 aromatic heterocycles. The summed E-state index contributed by atoms with van der Waals surface area (Å²) in [5, 5.41) is 22.4. The van der Waals surface area contributed by atoms with E-state index in [4.69, 9.17) is 0 Å². The van der Waals surface area contributed by atoms with Gasteiger partial charge in [-0.25, -0.2) is 0 Å². The minimum absolute atomic E-state index is 0.249. The monoisotopic (exact) mass is 224 g/mol. The Bertz CT molecular complexity index is 344. The molecule has 1 amide bonds. The number of aromatic amines is 1. The summed E-state index contributed by atoms with van der Waals surface area (Å²) in [5.74, 6) is -0.298. The van der Waals surface area contributed by atoms with Crippen molar-refractivity contribution in [1.82, 2.24) is 20.7 Å². The van der Waals surface area contributed by atoms with E-state index < -0.39 is 5.60 Å². The summed E-state index contributed by atoms with van der Waals surface area (Å²) >= 11 is 0. The van der Waals surface area contributed by atoms with Gasteiger partial charge in [0.1, 0.15) is 0 Å². The van der Waals surface area contributed by atoms with Crippen LogP contribution in [0.25, 0.3) is 0 Å². The van der Waals surface area contributed by atoms with Gasteiger partial charge in [-0.15, -0.1) is 0 Å². The van der Waals surface area contributed by atoms with Gasteiger partial charge in [-0.2, -0.15) is 15.4 Å². The first-order valence-electron chi connectivity index (χ1n) is 5.56. The fraction of sp³-hybridized carbons (Fsp3) is 0.700. The van der Waals surface area contributed by atoms with Crippen molar-refractivity contribution >= 4 is 5.91 Å². The zero-order chi connectivity index (χ0) is 11.4. The second-order valence-corrected chi connectivity index (χ2v) is 4.32. The van der Waals surface area contributed by atoms with E-state index in [0.29, 0.717) is 6.54 Å². The maximum atomic E-state index is 11.5. The Hall–Kier alpha value is -1.43. The van der Waals surface area contributed by atoms with Crippen LogP contribution in [0.2, 0.25) is 0 Å². The third kappa shape index (κ3) is 2.57. The van der Waals surface area contributed by atoms with Crippen LogP contribution in [0.1, 0.15) is 42.6 Å². The van der Waals surface area contributed by atoms with Crippen LogP contribution in [0.3, 0.4) is 0 Å². The molecular formula is C10H16N4O2. The summed E-state index contributed by atoms with van der Waals surface area (Å²) in [6.45, 7) is 0.290. The van der Waals surface area contributed by atoms with Crippen LogP contribution >= 0.6 is 0 Å². The molecule has 0 aliphatic heterocycles. The average molecular weight is 224 g/mol. The number of aromatic nitrogens is 3. The highest BCUT2D eigenvalue weighted by Gasteiger charge is 2.29. The maximum Gasteiger partial charge on any atom is 0.273 e. The Morgan fingerprint density at radius 2 is 2.25 bits per heavy atom. The van der Waals surface area contributed by atoms with Crippen LogP contribution in [-0.4, -0.2) is 38.6 Å². The van der Waals surface area contributed by atoms with Crippen LogP contribution < -0.4 is 5.32 Å². The quantitative estimate of drug-likeness (QED) is 0.685. The van der Waals surface area contributed by atoms with Crippen LogP contribution in [0, 0.1) is 0 Å². The summed E-state index contributed by atoms with van der Waals surface area (Å²) in [7, 11) is 0. The largest absolute Gasteiger partial charge is 0.388 e. The van der Waals surface area contributed by atoms with Gasteiger partial charge < -0.3 is 10.4 Å². The molecule has 0 bridgehead atoms. The number of amides is 1. The minimum Gasteiger partial charge on any atom is -0.388 e. The van der Waals surface area contributed by atoms with Crippen molar-refractivity contribution in [2.24, 2.45) is 0 Å². The van der Waals surface area contributed by atoms with E-state index in [1.165, 1.54) is 12.6 Å². The van der Waals surface area contributed by atoms with Crippen molar-refractivity contribution in [3.8, 4) is 0 Å². The first kappa shape index (κ1) is 11.1. The van der Waals surface area contributed by atoms with E-state index >= 15 is 0 Å². The highest BCUT2D eigenvalue weighted by atomic mass is 16.3. The fourth-order valence-corrected chi connectivity index (χ4v) is 2.03. The number of nitrogens with zero attached hydrogens (tertiary/aromatic N) is 2. The second-order valence-electron chi connectivity index (χ2n) is 4.32. The molecule has 1 aliphatic carbocycles. The molecule has 6 heteroatoms. The number of hydrogen-bond acceptors (Lipinski definition) is 4. The number of hydrogen-bond donors (Lipinski definition) is 3. The van der Waals surface area contributed by atoms with Crippen molar-refractivity contribution in [2.45, 2.75) is 37.7 Å². The molecule has 88 valence electrons. The van der Waals surface area contributed by atoms with E-state index in [1.807, 2.05) is 0 Å². The predicted octanol–water partition coefficient (Wildman–Crippen LogP) is 0.230. The normalized spacial score (nSPS) is 19.3. The fourth-order valence-electron chi connectivity index (χ4n) is 2.03. The minimum atomic E-state index is -0.738. The molecule has 3 N–H and O–H groups in total. The highest BCUT2D eigenvalue weighted by molar-refractivity contribution is 5.91. The lowest BCUT2D eigenvalue weighted by Gasteiger charge is -2.31. The third-order valence-corrected chi connectivity index (χ3v) is 3.01. The van der Waals surface area contributed by atoms with E-state index in [9.17, 15) is 9.90 Å². The van der Waals surface area contributed by atoms with Gasteiger partial charge in [-0.05, 0) is 12.8 Å². The molecule has 1 heterocycles. The average Bonchev–Trinajstić information content (AvgIpc) is 2.80. The Kier molecular flexibility index (Phi) is 3.19. The molecular weight excluding hydrogens is 208 g/mol. The summed E-state index contributed by atoms with van der Waals surface area (Å²) in [5.41, 5.74) is -0.489. The number of carbonyl (C=O) groups excluding carboxylic acids is 1. The van der Waals surface area contributed by atoms with Gasteiger partial charge in [0.05, 0.1) is 11.8 Å². The molecule has 2 rings (SSSR count). The van der Waals surface area contributed by atoms with Crippen LogP contribution in [0.4, 0.5) is 0 Å². The molecule has 1 saturated carbocycles. The van der Waals surface area contributed by atoms with Gasteiger partial charge >= 0.3 is 0 Å². The smallest absolute Gasteiger partial charge is 0.273 e. The lowest BCUT2D eigenvalue weighted by molar-refractivity contribution is 0.00521. The van der Waals surface area contributed by atoms with Gasteiger partial charge in [-0.1, -0.05) is 19.3 Å². The van der Waals surface area contributed by atoms with E-state index in [0.717, 1.165) is 25.7 Å². The highest BCUT2D eigenvalue weighted by Crippen LogP contribution is 2.27. The zero-order valence-electron chi connectivity index (χ0n) is 9.07. The van der Waals surface area contributed by atoms with Crippen molar-refractivity contribution in [2.75, 3.05) is 6.54 Å². The van der Waals surface area contributed by atoms with E-state index in [1.54, 1.807) is 0 Å². The van der Waals surface area contributed by atoms with Crippen LogP contribution in [-0.2, 0) is 0 Å². The Balaban J connectivity index is 1.84. The number of aliphatic hydroxyl groups is 1. The maximum absolute atomic E-state index is 11.5. The zero-order valence-corrected chi connectivity index (χ0v) is 9.07. The molecule has 6 nitrogen and oxygen atoms in total. The number of rotatable bonds is 3. The van der Waals surface area contributed by atoms with Gasteiger partial charge in [0.25, 0.3) is 5.91 Å². The molecule has 0 aromatic carbocycles. The third-order valence-electron chi connectivity index (χ3n) is 3.01. The molecule has 0 atom stereocenters. The Morgan fingerprint density at radius 3 is 2.88 bits per heavy atom. The molecule has 16 heavy (non-hydrogen) atoms. The Morgan fingerprint density at radius 1 is 1.50 bits per heavy atom. The Labute approximate surface area is 93.4 Å². The van der Waals surface area contributed by atoms with Crippen molar-refractivity contribution in [3.05, 3.63) is 11.9 Å². The predicted molar refractivity (Wildman–Crippen MR) is 56.8 cm³/mol. The number of carbonyl (C=O) groups is 1. The molecule has 0 saturated heterocycles. The van der Waals surface area contributed by atoms with Gasteiger partial charge in [0.15, 0.2) is 5.69 Å². The summed E-state index contributed by atoms with van der Waals surface area (Å²) in [6.07, 6.45) is 6.09. The molecule has 0 unspecified atom stereocenters. The van der Waals surface area contributed by atoms with Gasteiger partial charge in [0.2, 0.25) is 0 Å². The molecule has 1 aromatic rings.